The van der Waals surface area contributed by atoms with Gasteiger partial charge in [0.05, 0.1) is 12.8 Å². The van der Waals surface area contributed by atoms with Gasteiger partial charge < -0.3 is 14.5 Å². The number of hydrogen-bond donors (Lipinski definition) is 1. The largest absolute Gasteiger partial charge is 0.497 e. The molecule has 140 valence electrons. The van der Waals surface area contributed by atoms with E-state index < -0.39 is 6.10 Å². The van der Waals surface area contributed by atoms with Gasteiger partial charge in [-0.05, 0) is 68.3 Å². The first-order valence-corrected chi connectivity index (χ1v) is 8.80. The molecule has 0 fully saturated rings. The molecular weight excluding hydrogens is 342 g/mol. The number of nitrogens with one attached hydrogen (secondary N) is 1. The number of aryl methyl sites for hydroxylation is 1. The molecule has 5 nitrogen and oxygen atoms in total. The average molecular weight is 365 g/mol. The second-order valence-electron chi connectivity index (χ2n) is 6.68. The van der Waals surface area contributed by atoms with Crippen molar-refractivity contribution in [3.8, 4) is 11.5 Å². The Balaban J connectivity index is 1.85. The number of ketones is 2. The van der Waals surface area contributed by atoms with E-state index in [1.165, 1.54) is 6.92 Å². The fourth-order valence-electron chi connectivity index (χ4n) is 3.39. The van der Waals surface area contributed by atoms with Crippen LogP contribution in [0.15, 0.2) is 36.4 Å². The highest BCUT2D eigenvalue weighted by Gasteiger charge is 2.24. The van der Waals surface area contributed by atoms with Crippen LogP contribution in [0.3, 0.4) is 0 Å². The zero-order valence-corrected chi connectivity index (χ0v) is 16.2. The molecule has 1 atom stereocenters. The normalized spacial score (nSPS) is 12.0. The maximum atomic E-state index is 12.8. The maximum absolute atomic E-state index is 12.8. The van der Waals surface area contributed by atoms with E-state index in [2.05, 4.69) is 4.98 Å². The smallest absolute Gasteiger partial charge is 0.219 e. The second-order valence-corrected chi connectivity index (χ2v) is 6.68. The Kier molecular flexibility index (Phi) is 5.04. The van der Waals surface area contributed by atoms with Crippen LogP contribution in [0.4, 0.5) is 0 Å². The molecule has 1 aromatic heterocycles. The Morgan fingerprint density at radius 2 is 1.63 bits per heavy atom. The van der Waals surface area contributed by atoms with Crippen molar-refractivity contribution < 1.29 is 19.1 Å². The minimum Gasteiger partial charge on any atom is -0.497 e. The fraction of sp³-hybridized carbons (Fsp3) is 0.273. The second kappa shape index (κ2) is 7.27. The lowest BCUT2D eigenvalue weighted by molar-refractivity contribution is 0.0813. The number of aromatic amines is 1. The molecule has 5 heteroatoms. The Hall–Kier alpha value is -3.08. The van der Waals surface area contributed by atoms with Gasteiger partial charge in [-0.25, -0.2) is 0 Å². The summed E-state index contributed by atoms with van der Waals surface area (Å²) in [5, 5.41) is 2.03. The molecule has 0 saturated heterocycles. The SMILES string of the molecule is COc1ccc2ccc(O[C@H](C)C(=O)c3[nH]c(C)c(C(C)=O)c3C)cc2c1. The van der Waals surface area contributed by atoms with Crippen LogP contribution >= 0.6 is 0 Å². The van der Waals surface area contributed by atoms with Crippen LogP contribution in [-0.4, -0.2) is 29.8 Å². The van der Waals surface area contributed by atoms with Gasteiger partial charge in [0.25, 0.3) is 0 Å². The summed E-state index contributed by atoms with van der Waals surface area (Å²) in [6.45, 7) is 6.78. The monoisotopic (exact) mass is 365 g/mol. The van der Waals surface area contributed by atoms with Crippen LogP contribution < -0.4 is 9.47 Å². The van der Waals surface area contributed by atoms with Gasteiger partial charge in [0.2, 0.25) is 5.78 Å². The molecule has 1 N–H and O–H groups in total. The Morgan fingerprint density at radius 1 is 1.00 bits per heavy atom. The molecule has 0 bridgehead atoms. The van der Waals surface area contributed by atoms with Crippen LogP contribution in [0.25, 0.3) is 10.8 Å². The molecule has 1 heterocycles. The molecule has 3 rings (SSSR count). The molecule has 0 radical (unpaired) electrons. The van der Waals surface area contributed by atoms with Crippen molar-refractivity contribution in [3.05, 3.63) is 58.9 Å². The molecular formula is C22H23NO4. The van der Waals surface area contributed by atoms with Gasteiger partial charge in [-0.15, -0.1) is 0 Å². The Morgan fingerprint density at radius 3 is 2.22 bits per heavy atom. The molecule has 0 unspecified atom stereocenters. The number of aromatic nitrogens is 1. The minimum atomic E-state index is -0.690. The van der Waals surface area contributed by atoms with Crippen molar-refractivity contribution in [1.29, 1.82) is 0 Å². The number of rotatable bonds is 6. The molecule has 0 amide bonds. The van der Waals surface area contributed by atoms with Gasteiger partial charge in [-0.1, -0.05) is 12.1 Å². The zero-order valence-electron chi connectivity index (χ0n) is 16.2. The van der Waals surface area contributed by atoms with E-state index in [-0.39, 0.29) is 11.6 Å². The number of ether oxygens (including phenoxy) is 2. The van der Waals surface area contributed by atoms with E-state index in [1.54, 1.807) is 27.9 Å². The number of carbonyl (C=O) groups excluding carboxylic acids is 2. The summed E-state index contributed by atoms with van der Waals surface area (Å²) in [5.74, 6) is 1.12. The predicted octanol–water partition coefficient (Wildman–Crippen LogP) is 4.65. The summed E-state index contributed by atoms with van der Waals surface area (Å²) in [6.07, 6.45) is -0.690. The quantitative estimate of drug-likeness (QED) is 0.646. The number of hydrogen-bond acceptors (Lipinski definition) is 4. The molecule has 0 spiro atoms. The molecule has 3 aromatic rings. The first kappa shape index (κ1) is 18.7. The van der Waals surface area contributed by atoms with E-state index in [9.17, 15) is 9.59 Å². The van der Waals surface area contributed by atoms with E-state index in [0.29, 0.717) is 28.3 Å². The predicted molar refractivity (Wildman–Crippen MR) is 105 cm³/mol. The summed E-state index contributed by atoms with van der Waals surface area (Å²) in [7, 11) is 1.62. The number of benzene rings is 2. The molecule has 2 aromatic carbocycles. The number of H-pyrrole nitrogens is 1. The summed E-state index contributed by atoms with van der Waals surface area (Å²) in [4.78, 5) is 27.7. The highest BCUT2D eigenvalue weighted by atomic mass is 16.5. The molecule has 27 heavy (non-hydrogen) atoms. The third-order valence-electron chi connectivity index (χ3n) is 4.74. The Bertz CT molecular complexity index is 1030. The van der Waals surface area contributed by atoms with Crippen LogP contribution in [0, 0.1) is 13.8 Å². The van der Waals surface area contributed by atoms with Gasteiger partial charge in [-0.2, -0.15) is 0 Å². The summed E-state index contributed by atoms with van der Waals surface area (Å²) >= 11 is 0. The van der Waals surface area contributed by atoms with Crippen molar-refractivity contribution >= 4 is 22.3 Å². The van der Waals surface area contributed by atoms with Crippen molar-refractivity contribution in [1.82, 2.24) is 4.98 Å². The molecule has 0 aliphatic carbocycles. The van der Waals surface area contributed by atoms with Crippen molar-refractivity contribution in [2.24, 2.45) is 0 Å². The summed E-state index contributed by atoms with van der Waals surface area (Å²) < 4.78 is 11.1. The fourth-order valence-corrected chi connectivity index (χ4v) is 3.39. The lowest BCUT2D eigenvalue weighted by Gasteiger charge is -2.14. The van der Waals surface area contributed by atoms with Crippen LogP contribution in [0.5, 0.6) is 11.5 Å². The third kappa shape index (κ3) is 3.58. The standard InChI is InChI=1S/C22H23NO4/c1-12-20(14(3)24)13(2)23-21(12)22(25)15(4)27-19-9-7-16-6-8-18(26-5)10-17(16)11-19/h6-11,15,23H,1-5H3/t15-/m1/s1. The summed E-state index contributed by atoms with van der Waals surface area (Å²) in [6, 6.07) is 11.5. The van der Waals surface area contributed by atoms with Crippen LogP contribution in [-0.2, 0) is 0 Å². The van der Waals surface area contributed by atoms with Crippen molar-refractivity contribution in [3.63, 3.8) is 0 Å². The van der Waals surface area contributed by atoms with Crippen LogP contribution in [0.1, 0.15) is 46.0 Å². The highest BCUT2D eigenvalue weighted by Crippen LogP contribution is 2.26. The number of carbonyl (C=O) groups is 2. The van der Waals surface area contributed by atoms with E-state index in [1.807, 2.05) is 36.4 Å². The van der Waals surface area contributed by atoms with Gasteiger partial charge in [0, 0.05) is 11.3 Å². The van der Waals surface area contributed by atoms with Crippen LogP contribution in [0.2, 0.25) is 0 Å². The van der Waals surface area contributed by atoms with Gasteiger partial charge in [-0.3, -0.25) is 9.59 Å². The van der Waals surface area contributed by atoms with Crippen molar-refractivity contribution in [2.75, 3.05) is 7.11 Å². The topological polar surface area (TPSA) is 68.4 Å². The first-order valence-electron chi connectivity index (χ1n) is 8.80. The molecule has 0 aliphatic rings. The zero-order chi connectivity index (χ0) is 19.7. The number of methoxy groups -OCH3 is 1. The van der Waals surface area contributed by atoms with E-state index >= 15 is 0 Å². The Labute approximate surface area is 158 Å². The van der Waals surface area contributed by atoms with Gasteiger partial charge in [0.15, 0.2) is 11.9 Å². The molecule has 0 aliphatic heterocycles. The van der Waals surface area contributed by atoms with E-state index in [4.69, 9.17) is 9.47 Å². The number of Topliss-reactive ketones (excluding diaryl/α,β-unsaturated/α-hetero) is 2. The van der Waals surface area contributed by atoms with E-state index in [0.717, 1.165) is 16.5 Å². The first-order chi connectivity index (χ1) is 12.8. The molecule has 0 saturated carbocycles. The maximum Gasteiger partial charge on any atom is 0.219 e. The lowest BCUT2D eigenvalue weighted by Crippen LogP contribution is -2.25. The number of fused-ring (bicyclic) bond motifs is 1. The minimum absolute atomic E-state index is 0.0580. The van der Waals surface area contributed by atoms with Gasteiger partial charge >= 0.3 is 0 Å². The highest BCUT2D eigenvalue weighted by molar-refractivity contribution is 6.04. The lowest BCUT2D eigenvalue weighted by atomic mass is 10.0. The third-order valence-corrected chi connectivity index (χ3v) is 4.74. The summed E-state index contributed by atoms with van der Waals surface area (Å²) in [5.41, 5.74) is 2.37. The van der Waals surface area contributed by atoms with Crippen molar-refractivity contribution in [2.45, 2.75) is 33.8 Å². The van der Waals surface area contributed by atoms with Gasteiger partial charge in [0.1, 0.15) is 11.5 Å². The average Bonchev–Trinajstić information content (AvgIpc) is 2.94.